The number of nitrogens with one attached hydrogen (secondary N) is 1. The maximum absolute atomic E-state index is 13.4. The number of hydrogen-bond donors (Lipinski definition) is 1. The number of nitrogens with zero attached hydrogens (tertiary/aromatic N) is 2. The molecule has 5 nitrogen and oxygen atoms in total. The van der Waals surface area contributed by atoms with E-state index in [1.165, 1.54) is 24.1 Å². The second-order valence-corrected chi connectivity index (χ2v) is 4.57. The third kappa shape index (κ3) is 3.07. The first kappa shape index (κ1) is 13.5. The number of rotatable bonds is 2. The van der Waals surface area contributed by atoms with Crippen molar-refractivity contribution in [3.8, 4) is 0 Å². The summed E-state index contributed by atoms with van der Waals surface area (Å²) in [5, 5.41) is 2.52. The average molecular weight is 265 g/mol. The first-order chi connectivity index (χ1) is 9.09. The molecule has 0 saturated carbocycles. The summed E-state index contributed by atoms with van der Waals surface area (Å²) in [6, 6.07) is 0.882. The maximum Gasteiger partial charge on any atom is 0.247 e. The van der Waals surface area contributed by atoms with E-state index < -0.39 is 11.9 Å². The van der Waals surface area contributed by atoms with Crippen molar-refractivity contribution in [3.05, 3.63) is 24.3 Å². The summed E-state index contributed by atoms with van der Waals surface area (Å²) in [6.45, 7) is 2.02. The molecule has 1 N–H and O–H groups in total. The van der Waals surface area contributed by atoms with Crippen LogP contribution in [0.4, 0.5) is 10.1 Å². The number of carbonyl (C=O) groups excluding carboxylic acids is 2. The maximum atomic E-state index is 13.4. The number of piperidine rings is 1. The van der Waals surface area contributed by atoms with Crippen molar-refractivity contribution >= 4 is 17.5 Å². The van der Waals surface area contributed by atoms with Crippen molar-refractivity contribution in [2.24, 2.45) is 0 Å². The highest BCUT2D eigenvalue weighted by Gasteiger charge is 2.30. The van der Waals surface area contributed by atoms with Crippen LogP contribution in [0, 0.1) is 5.82 Å². The number of carbonyl (C=O) groups is 2. The number of halogens is 1. The summed E-state index contributed by atoms with van der Waals surface area (Å²) in [5.74, 6) is -1.06. The van der Waals surface area contributed by atoms with Crippen molar-refractivity contribution in [2.75, 3.05) is 11.9 Å². The Bertz CT molecular complexity index is 493. The van der Waals surface area contributed by atoms with E-state index in [-0.39, 0.29) is 17.5 Å². The molecule has 1 aromatic heterocycles. The van der Waals surface area contributed by atoms with Crippen molar-refractivity contribution in [3.63, 3.8) is 0 Å². The normalized spacial score (nSPS) is 19.1. The molecule has 0 bridgehead atoms. The van der Waals surface area contributed by atoms with Gasteiger partial charge in [0.25, 0.3) is 0 Å². The fourth-order valence-corrected chi connectivity index (χ4v) is 2.27. The monoisotopic (exact) mass is 265 g/mol. The zero-order chi connectivity index (χ0) is 13.8. The summed E-state index contributed by atoms with van der Waals surface area (Å²) < 4.78 is 13.4. The van der Waals surface area contributed by atoms with Crippen LogP contribution in [0.15, 0.2) is 18.5 Å². The SMILES string of the molecule is CC(=O)N1CCCC[C@H]1C(=O)Nc1ccncc1F. The lowest BCUT2D eigenvalue weighted by Gasteiger charge is -2.33. The average Bonchev–Trinajstić information content (AvgIpc) is 2.41. The number of likely N-dealkylation sites (tertiary alicyclic amines) is 1. The molecule has 6 heteroatoms. The van der Waals surface area contributed by atoms with Gasteiger partial charge in [0.05, 0.1) is 11.9 Å². The lowest BCUT2D eigenvalue weighted by molar-refractivity contribution is -0.138. The third-order valence-electron chi connectivity index (χ3n) is 3.24. The van der Waals surface area contributed by atoms with Crippen molar-refractivity contribution in [1.82, 2.24) is 9.88 Å². The van der Waals surface area contributed by atoms with E-state index in [1.807, 2.05) is 0 Å². The van der Waals surface area contributed by atoms with Gasteiger partial charge in [-0.2, -0.15) is 0 Å². The van der Waals surface area contributed by atoms with Crippen LogP contribution in [-0.2, 0) is 9.59 Å². The predicted molar refractivity (Wildman–Crippen MR) is 67.9 cm³/mol. The number of anilines is 1. The number of pyridine rings is 1. The molecule has 2 amide bonds. The molecule has 1 atom stereocenters. The smallest absolute Gasteiger partial charge is 0.247 e. The Morgan fingerprint density at radius 1 is 1.47 bits per heavy atom. The fraction of sp³-hybridized carbons (Fsp3) is 0.462. The molecule has 0 unspecified atom stereocenters. The molecule has 2 heterocycles. The van der Waals surface area contributed by atoms with Gasteiger partial charge in [-0.15, -0.1) is 0 Å². The molecule has 0 radical (unpaired) electrons. The number of hydrogen-bond acceptors (Lipinski definition) is 3. The minimum atomic E-state index is -0.582. The van der Waals surface area contributed by atoms with Gasteiger partial charge >= 0.3 is 0 Å². The molecular formula is C13H16FN3O2. The zero-order valence-corrected chi connectivity index (χ0v) is 10.7. The van der Waals surface area contributed by atoms with E-state index in [2.05, 4.69) is 10.3 Å². The lowest BCUT2D eigenvalue weighted by Crippen LogP contribution is -2.49. The van der Waals surface area contributed by atoms with E-state index in [0.29, 0.717) is 13.0 Å². The van der Waals surface area contributed by atoms with Crippen molar-refractivity contribution < 1.29 is 14.0 Å². The van der Waals surface area contributed by atoms with Crippen LogP contribution in [0.3, 0.4) is 0 Å². The summed E-state index contributed by atoms with van der Waals surface area (Å²) in [7, 11) is 0. The van der Waals surface area contributed by atoms with Gasteiger partial charge < -0.3 is 10.2 Å². The first-order valence-corrected chi connectivity index (χ1v) is 6.27. The van der Waals surface area contributed by atoms with Crippen LogP contribution < -0.4 is 5.32 Å². The van der Waals surface area contributed by atoms with Crippen molar-refractivity contribution in [2.45, 2.75) is 32.2 Å². The Balaban J connectivity index is 2.10. The second kappa shape index (κ2) is 5.77. The summed E-state index contributed by atoms with van der Waals surface area (Å²) >= 11 is 0. The molecule has 0 spiro atoms. The summed E-state index contributed by atoms with van der Waals surface area (Å²) in [6.07, 6.45) is 4.84. The standard InChI is InChI=1S/C13H16FN3O2/c1-9(18)17-7-3-2-4-12(17)13(19)16-11-5-6-15-8-10(11)14/h5-6,8,12H,2-4,7H2,1H3,(H,15,16,19)/t12-/m0/s1. The molecule has 19 heavy (non-hydrogen) atoms. The molecule has 0 aromatic carbocycles. The highest BCUT2D eigenvalue weighted by molar-refractivity contribution is 5.97. The van der Waals surface area contributed by atoms with E-state index in [9.17, 15) is 14.0 Å². The summed E-state index contributed by atoms with van der Waals surface area (Å²) in [5.41, 5.74) is 0.0917. The molecule has 1 aromatic rings. The van der Waals surface area contributed by atoms with Crippen LogP contribution in [0.1, 0.15) is 26.2 Å². The summed E-state index contributed by atoms with van der Waals surface area (Å²) in [4.78, 5) is 28.8. The van der Waals surface area contributed by atoms with Gasteiger partial charge in [-0.05, 0) is 25.3 Å². The highest BCUT2D eigenvalue weighted by Crippen LogP contribution is 2.19. The van der Waals surface area contributed by atoms with Gasteiger partial charge in [-0.1, -0.05) is 0 Å². The molecular weight excluding hydrogens is 249 g/mol. The van der Waals surface area contributed by atoms with Gasteiger partial charge in [0.15, 0.2) is 5.82 Å². The van der Waals surface area contributed by atoms with Crippen LogP contribution in [0.25, 0.3) is 0 Å². The van der Waals surface area contributed by atoms with Gasteiger partial charge in [-0.3, -0.25) is 14.6 Å². The van der Waals surface area contributed by atoms with Crippen LogP contribution >= 0.6 is 0 Å². The second-order valence-electron chi connectivity index (χ2n) is 4.57. The van der Waals surface area contributed by atoms with E-state index >= 15 is 0 Å². The van der Waals surface area contributed by atoms with Gasteiger partial charge in [0.2, 0.25) is 11.8 Å². The molecule has 1 aliphatic heterocycles. The van der Waals surface area contributed by atoms with Gasteiger partial charge in [0, 0.05) is 19.7 Å². The van der Waals surface area contributed by atoms with Crippen LogP contribution in [-0.4, -0.2) is 34.3 Å². The lowest BCUT2D eigenvalue weighted by atomic mass is 10.0. The Hall–Kier alpha value is -1.98. The fourth-order valence-electron chi connectivity index (χ4n) is 2.27. The minimum absolute atomic E-state index is 0.0917. The van der Waals surface area contributed by atoms with E-state index in [0.717, 1.165) is 19.0 Å². The Morgan fingerprint density at radius 3 is 2.95 bits per heavy atom. The van der Waals surface area contributed by atoms with Crippen LogP contribution in [0.2, 0.25) is 0 Å². The largest absolute Gasteiger partial charge is 0.331 e. The minimum Gasteiger partial charge on any atom is -0.331 e. The van der Waals surface area contributed by atoms with Crippen molar-refractivity contribution in [1.29, 1.82) is 0 Å². The van der Waals surface area contributed by atoms with E-state index in [1.54, 1.807) is 0 Å². The predicted octanol–water partition coefficient (Wildman–Crippen LogP) is 1.56. The Kier molecular flexibility index (Phi) is 4.09. The highest BCUT2D eigenvalue weighted by atomic mass is 19.1. The third-order valence-corrected chi connectivity index (χ3v) is 3.24. The molecule has 2 rings (SSSR count). The first-order valence-electron chi connectivity index (χ1n) is 6.27. The molecule has 102 valence electrons. The topological polar surface area (TPSA) is 62.3 Å². The number of amides is 2. The Morgan fingerprint density at radius 2 is 2.26 bits per heavy atom. The van der Waals surface area contributed by atoms with E-state index in [4.69, 9.17) is 0 Å². The Labute approximate surface area is 110 Å². The quantitative estimate of drug-likeness (QED) is 0.882. The van der Waals surface area contributed by atoms with Gasteiger partial charge in [0.1, 0.15) is 6.04 Å². The van der Waals surface area contributed by atoms with Gasteiger partial charge in [-0.25, -0.2) is 4.39 Å². The zero-order valence-electron chi connectivity index (χ0n) is 10.7. The molecule has 1 saturated heterocycles. The molecule has 1 aliphatic rings. The molecule has 1 fully saturated rings. The number of aromatic nitrogens is 1. The molecule has 0 aliphatic carbocycles. The van der Waals surface area contributed by atoms with Crippen LogP contribution in [0.5, 0.6) is 0 Å².